The highest BCUT2D eigenvalue weighted by atomic mass is 35.5. The second-order valence-corrected chi connectivity index (χ2v) is 3.71. The summed E-state index contributed by atoms with van der Waals surface area (Å²) >= 11 is 5.53. The molecule has 88 valence electrons. The van der Waals surface area contributed by atoms with Gasteiger partial charge in [0, 0.05) is 11.6 Å². The van der Waals surface area contributed by atoms with Gasteiger partial charge in [-0.05, 0) is 19.1 Å². The molecule has 0 saturated carbocycles. The zero-order valence-electron chi connectivity index (χ0n) is 8.82. The third-order valence-corrected chi connectivity index (χ3v) is 2.32. The van der Waals surface area contributed by atoms with Gasteiger partial charge in [-0.1, -0.05) is 17.7 Å². The number of aromatic hydroxyl groups is 1. The van der Waals surface area contributed by atoms with Crippen LogP contribution in [0.2, 0.25) is 5.15 Å². The van der Waals surface area contributed by atoms with Gasteiger partial charge in [-0.2, -0.15) is 0 Å². The Balaban J connectivity index is 2.35. The largest absolute Gasteiger partial charge is 0.503 e. The van der Waals surface area contributed by atoms with E-state index >= 15 is 0 Å². The minimum Gasteiger partial charge on any atom is -0.503 e. The van der Waals surface area contributed by atoms with Crippen molar-refractivity contribution in [2.24, 2.45) is 0 Å². The molecular formula is C11H8ClFN2O2. The Labute approximate surface area is 102 Å². The number of nitrogens with zero attached hydrogens (tertiary/aromatic N) is 2. The number of rotatable bonds is 2. The van der Waals surface area contributed by atoms with Gasteiger partial charge >= 0.3 is 0 Å². The molecule has 0 bridgehead atoms. The van der Waals surface area contributed by atoms with E-state index in [1.165, 1.54) is 18.2 Å². The van der Waals surface area contributed by atoms with Gasteiger partial charge in [-0.3, -0.25) is 0 Å². The SMILES string of the molecule is Cc1c(F)cccc1Oc1nnc(Cl)cc1O. The Hall–Kier alpha value is -1.88. The summed E-state index contributed by atoms with van der Waals surface area (Å²) in [5, 5.41) is 16.6. The fraction of sp³-hybridized carbons (Fsp3) is 0.0909. The monoisotopic (exact) mass is 254 g/mol. The molecule has 1 heterocycles. The van der Waals surface area contributed by atoms with Crippen molar-refractivity contribution in [3.05, 3.63) is 40.8 Å². The molecular weight excluding hydrogens is 247 g/mol. The Morgan fingerprint density at radius 2 is 2.12 bits per heavy atom. The summed E-state index contributed by atoms with van der Waals surface area (Å²) in [6.07, 6.45) is 0. The molecule has 2 rings (SSSR count). The van der Waals surface area contributed by atoms with Crippen molar-refractivity contribution >= 4 is 11.6 Å². The molecule has 0 saturated heterocycles. The molecule has 0 aliphatic heterocycles. The van der Waals surface area contributed by atoms with E-state index in [0.717, 1.165) is 0 Å². The second kappa shape index (κ2) is 4.55. The van der Waals surface area contributed by atoms with E-state index in [-0.39, 0.29) is 22.5 Å². The summed E-state index contributed by atoms with van der Waals surface area (Å²) in [6, 6.07) is 5.57. The van der Waals surface area contributed by atoms with E-state index in [1.54, 1.807) is 13.0 Å². The summed E-state index contributed by atoms with van der Waals surface area (Å²) in [4.78, 5) is 0. The standard InChI is InChI=1S/C11H8ClFN2O2/c1-6-7(13)3-2-4-9(6)17-11-8(16)5-10(12)14-15-11/h2-5H,1H3,(H,14,16). The van der Waals surface area contributed by atoms with Crippen LogP contribution >= 0.6 is 11.6 Å². The third kappa shape index (κ3) is 2.45. The van der Waals surface area contributed by atoms with E-state index < -0.39 is 5.82 Å². The zero-order chi connectivity index (χ0) is 12.4. The fourth-order valence-corrected chi connectivity index (χ4v) is 1.36. The summed E-state index contributed by atoms with van der Waals surface area (Å²) < 4.78 is 18.5. The van der Waals surface area contributed by atoms with Crippen LogP contribution in [0.25, 0.3) is 0 Å². The molecule has 0 unspecified atom stereocenters. The van der Waals surface area contributed by atoms with Gasteiger partial charge in [0.05, 0.1) is 0 Å². The van der Waals surface area contributed by atoms with Crippen LogP contribution in [0.1, 0.15) is 5.56 Å². The van der Waals surface area contributed by atoms with Crippen molar-refractivity contribution < 1.29 is 14.2 Å². The number of hydrogen-bond acceptors (Lipinski definition) is 4. The highest BCUT2D eigenvalue weighted by Crippen LogP contribution is 2.31. The van der Waals surface area contributed by atoms with Crippen LogP contribution in [0.3, 0.4) is 0 Å². The van der Waals surface area contributed by atoms with Crippen LogP contribution in [0.4, 0.5) is 4.39 Å². The van der Waals surface area contributed by atoms with Crippen molar-refractivity contribution in [1.82, 2.24) is 10.2 Å². The Kier molecular flexibility index (Phi) is 3.10. The summed E-state index contributed by atoms with van der Waals surface area (Å²) in [6.45, 7) is 1.56. The minimum absolute atomic E-state index is 0.0471. The Bertz CT molecular complexity index is 563. The molecule has 6 heteroatoms. The lowest BCUT2D eigenvalue weighted by atomic mass is 10.2. The van der Waals surface area contributed by atoms with Crippen molar-refractivity contribution in [2.45, 2.75) is 6.92 Å². The van der Waals surface area contributed by atoms with Gasteiger partial charge in [0.2, 0.25) is 0 Å². The highest BCUT2D eigenvalue weighted by Gasteiger charge is 2.11. The number of halogens is 2. The lowest BCUT2D eigenvalue weighted by molar-refractivity contribution is 0.388. The first-order valence-electron chi connectivity index (χ1n) is 4.73. The number of aromatic nitrogens is 2. The normalized spacial score (nSPS) is 10.3. The van der Waals surface area contributed by atoms with Crippen molar-refractivity contribution in [3.8, 4) is 17.4 Å². The molecule has 0 spiro atoms. The van der Waals surface area contributed by atoms with Gasteiger partial charge in [0.15, 0.2) is 10.9 Å². The lowest BCUT2D eigenvalue weighted by Crippen LogP contribution is -1.94. The van der Waals surface area contributed by atoms with E-state index in [9.17, 15) is 9.50 Å². The van der Waals surface area contributed by atoms with Crippen LogP contribution in [0, 0.1) is 12.7 Å². The molecule has 0 fully saturated rings. The number of hydrogen-bond donors (Lipinski definition) is 1. The first-order chi connectivity index (χ1) is 8.08. The molecule has 0 atom stereocenters. The maximum Gasteiger partial charge on any atom is 0.281 e. The molecule has 0 amide bonds. The van der Waals surface area contributed by atoms with Crippen LogP contribution in [-0.4, -0.2) is 15.3 Å². The summed E-state index contributed by atoms with van der Waals surface area (Å²) in [5.74, 6) is -0.516. The van der Waals surface area contributed by atoms with E-state index in [1.807, 2.05) is 0 Å². The summed E-state index contributed by atoms with van der Waals surface area (Å²) in [7, 11) is 0. The Morgan fingerprint density at radius 1 is 1.35 bits per heavy atom. The minimum atomic E-state index is -0.399. The predicted molar refractivity (Wildman–Crippen MR) is 59.9 cm³/mol. The molecule has 4 nitrogen and oxygen atoms in total. The van der Waals surface area contributed by atoms with Gasteiger partial charge < -0.3 is 9.84 Å². The highest BCUT2D eigenvalue weighted by molar-refractivity contribution is 6.29. The third-order valence-electron chi connectivity index (χ3n) is 2.14. The van der Waals surface area contributed by atoms with Crippen LogP contribution < -0.4 is 4.74 Å². The smallest absolute Gasteiger partial charge is 0.281 e. The van der Waals surface area contributed by atoms with Crippen LogP contribution in [0.15, 0.2) is 24.3 Å². The van der Waals surface area contributed by atoms with Crippen LogP contribution in [-0.2, 0) is 0 Å². The molecule has 0 aliphatic carbocycles. The first kappa shape index (κ1) is 11.6. The lowest BCUT2D eigenvalue weighted by Gasteiger charge is -2.08. The van der Waals surface area contributed by atoms with Crippen LogP contribution in [0.5, 0.6) is 17.4 Å². The molecule has 2 aromatic rings. The van der Waals surface area contributed by atoms with Crippen molar-refractivity contribution in [3.63, 3.8) is 0 Å². The van der Waals surface area contributed by atoms with E-state index in [4.69, 9.17) is 16.3 Å². The summed E-state index contributed by atoms with van der Waals surface area (Å²) in [5.41, 5.74) is 0.323. The van der Waals surface area contributed by atoms with Crippen molar-refractivity contribution in [2.75, 3.05) is 0 Å². The maximum atomic E-state index is 13.2. The quantitative estimate of drug-likeness (QED) is 0.895. The van der Waals surface area contributed by atoms with E-state index in [2.05, 4.69) is 10.2 Å². The topological polar surface area (TPSA) is 55.2 Å². The van der Waals surface area contributed by atoms with Gasteiger partial charge in [-0.15, -0.1) is 10.2 Å². The molecule has 1 N–H and O–H groups in total. The van der Waals surface area contributed by atoms with Crippen molar-refractivity contribution in [1.29, 1.82) is 0 Å². The number of ether oxygens (including phenoxy) is 1. The molecule has 1 aromatic carbocycles. The predicted octanol–water partition coefficient (Wildman–Crippen LogP) is 3.08. The average Bonchev–Trinajstić information content (AvgIpc) is 2.28. The molecule has 0 aliphatic rings. The first-order valence-corrected chi connectivity index (χ1v) is 5.11. The fourth-order valence-electron chi connectivity index (χ4n) is 1.22. The van der Waals surface area contributed by atoms with Gasteiger partial charge in [-0.25, -0.2) is 4.39 Å². The zero-order valence-corrected chi connectivity index (χ0v) is 9.57. The number of benzene rings is 1. The average molecular weight is 255 g/mol. The Morgan fingerprint density at radius 3 is 2.82 bits per heavy atom. The molecule has 0 radical (unpaired) electrons. The maximum absolute atomic E-state index is 13.2. The molecule has 17 heavy (non-hydrogen) atoms. The molecule has 1 aromatic heterocycles. The van der Waals surface area contributed by atoms with E-state index in [0.29, 0.717) is 5.56 Å². The van der Waals surface area contributed by atoms with Gasteiger partial charge in [0.25, 0.3) is 5.88 Å². The second-order valence-electron chi connectivity index (χ2n) is 3.32. The van der Waals surface area contributed by atoms with Gasteiger partial charge in [0.1, 0.15) is 11.6 Å².